The Morgan fingerprint density at radius 2 is 0.643 bits per heavy atom. The van der Waals surface area contributed by atoms with Crippen LogP contribution in [0.1, 0.15) is 96.3 Å². The van der Waals surface area contributed by atoms with Gasteiger partial charge in [-0.3, -0.25) is 0 Å². The molecule has 158 valence electrons. The van der Waals surface area contributed by atoms with Gasteiger partial charge in [-0.1, -0.05) is 94.2 Å². The normalized spacial score (nSPS) is 22.6. The first kappa shape index (κ1) is 22.2. The van der Waals surface area contributed by atoms with Crippen LogP contribution in [0.5, 0.6) is 0 Å². The largest absolute Gasteiger partial charge is 0.333 e. The molecule has 0 atom stereocenters. The van der Waals surface area contributed by atoms with Crippen molar-refractivity contribution >= 4 is 8.60 Å². The van der Waals surface area contributed by atoms with Crippen LogP contribution in [0.3, 0.4) is 0 Å². The van der Waals surface area contributed by atoms with Gasteiger partial charge >= 0.3 is 8.60 Å². The Kier molecular flexibility index (Phi) is 10.9. The van der Waals surface area contributed by atoms with Crippen molar-refractivity contribution in [1.29, 1.82) is 0 Å². The number of hydrogen-bond donors (Lipinski definition) is 0. The summed E-state index contributed by atoms with van der Waals surface area (Å²) >= 11 is 0. The smallest absolute Gasteiger partial charge is 0.309 e. The average molecular weight is 407 g/mol. The summed E-state index contributed by atoms with van der Waals surface area (Å²) < 4.78 is 19.0. The van der Waals surface area contributed by atoms with Crippen molar-refractivity contribution in [3.05, 3.63) is 36.4 Å². The monoisotopic (exact) mass is 406 g/mol. The lowest BCUT2D eigenvalue weighted by molar-refractivity contribution is 0.0357. The molecule has 1 aromatic carbocycles. The molecule has 3 fully saturated rings. The van der Waals surface area contributed by atoms with E-state index in [4.69, 9.17) is 13.6 Å². The minimum atomic E-state index is -1.13. The molecule has 1 aromatic rings. The van der Waals surface area contributed by atoms with E-state index in [0.29, 0.717) is 18.3 Å². The molecule has 4 heteroatoms. The summed E-state index contributed by atoms with van der Waals surface area (Å²) in [7, 11) is -1.13. The third-order valence-corrected chi connectivity index (χ3v) is 7.44. The second kappa shape index (κ2) is 13.7. The molecule has 0 amide bonds. The van der Waals surface area contributed by atoms with Crippen LogP contribution in [0.4, 0.5) is 0 Å². The molecule has 0 saturated heterocycles. The van der Waals surface area contributed by atoms with Crippen LogP contribution in [0.15, 0.2) is 36.4 Å². The summed E-state index contributed by atoms with van der Waals surface area (Å²) in [6.07, 6.45) is 20.3. The molecule has 3 saturated carbocycles. The Morgan fingerprint density at radius 3 is 0.893 bits per heavy atom. The van der Waals surface area contributed by atoms with E-state index in [1.165, 1.54) is 96.3 Å². The van der Waals surface area contributed by atoms with Gasteiger partial charge in [0.15, 0.2) is 0 Å². The zero-order chi connectivity index (χ0) is 19.3. The lowest BCUT2D eigenvalue weighted by atomic mass is 9.98. The molecule has 0 aromatic heterocycles. The van der Waals surface area contributed by atoms with Gasteiger partial charge in [0.05, 0.1) is 18.3 Å². The predicted molar refractivity (Wildman–Crippen MR) is 117 cm³/mol. The molecule has 0 unspecified atom stereocenters. The maximum atomic E-state index is 6.32. The molecular weight excluding hydrogens is 367 g/mol. The van der Waals surface area contributed by atoms with Crippen molar-refractivity contribution in [2.45, 2.75) is 115 Å². The highest BCUT2D eigenvalue weighted by Crippen LogP contribution is 2.49. The summed E-state index contributed by atoms with van der Waals surface area (Å²) in [4.78, 5) is 0. The van der Waals surface area contributed by atoms with Crippen molar-refractivity contribution < 1.29 is 13.6 Å². The van der Waals surface area contributed by atoms with Gasteiger partial charge < -0.3 is 13.6 Å². The van der Waals surface area contributed by atoms with Gasteiger partial charge in [-0.2, -0.15) is 0 Å². The predicted octanol–water partition coefficient (Wildman–Crippen LogP) is 7.95. The van der Waals surface area contributed by atoms with Crippen LogP contribution < -0.4 is 0 Å². The minimum absolute atomic E-state index is 0.382. The zero-order valence-electron chi connectivity index (χ0n) is 17.5. The Morgan fingerprint density at radius 1 is 0.393 bits per heavy atom. The average Bonchev–Trinajstić information content (AvgIpc) is 2.77. The van der Waals surface area contributed by atoms with Crippen molar-refractivity contribution in [1.82, 2.24) is 0 Å². The van der Waals surface area contributed by atoms with Crippen LogP contribution in [0, 0.1) is 0 Å². The first-order valence-electron chi connectivity index (χ1n) is 11.7. The second-order valence-corrected chi connectivity index (χ2v) is 9.55. The van der Waals surface area contributed by atoms with Gasteiger partial charge in [-0.05, 0) is 38.5 Å². The first-order chi connectivity index (χ1) is 13.9. The van der Waals surface area contributed by atoms with E-state index >= 15 is 0 Å². The second-order valence-electron chi connectivity index (χ2n) is 8.47. The summed E-state index contributed by atoms with van der Waals surface area (Å²) in [6, 6.07) is 12.0. The summed E-state index contributed by atoms with van der Waals surface area (Å²) in [5, 5.41) is 0. The van der Waals surface area contributed by atoms with E-state index in [-0.39, 0.29) is 0 Å². The van der Waals surface area contributed by atoms with E-state index in [9.17, 15) is 0 Å². The molecule has 3 nitrogen and oxygen atoms in total. The van der Waals surface area contributed by atoms with Gasteiger partial charge in [0, 0.05) is 0 Å². The van der Waals surface area contributed by atoms with Crippen LogP contribution in [-0.2, 0) is 13.6 Å². The van der Waals surface area contributed by atoms with E-state index in [1.54, 1.807) is 0 Å². The zero-order valence-corrected chi connectivity index (χ0v) is 18.4. The third kappa shape index (κ3) is 8.91. The first-order valence-corrected chi connectivity index (χ1v) is 12.8. The molecule has 0 radical (unpaired) electrons. The van der Waals surface area contributed by atoms with Gasteiger partial charge in [-0.25, -0.2) is 0 Å². The Labute approximate surface area is 173 Å². The Bertz CT molecular complexity index is 406. The van der Waals surface area contributed by atoms with E-state index < -0.39 is 8.60 Å². The van der Waals surface area contributed by atoms with Crippen LogP contribution in [0.25, 0.3) is 0 Å². The highest BCUT2D eigenvalue weighted by atomic mass is 31.2. The van der Waals surface area contributed by atoms with Crippen LogP contribution in [-0.4, -0.2) is 18.3 Å². The molecule has 3 aliphatic carbocycles. The minimum Gasteiger partial charge on any atom is -0.309 e. The summed E-state index contributed by atoms with van der Waals surface area (Å²) in [6.45, 7) is 0. The van der Waals surface area contributed by atoms with Gasteiger partial charge in [0.25, 0.3) is 0 Å². The summed E-state index contributed by atoms with van der Waals surface area (Å²) in [5.41, 5.74) is 0. The van der Waals surface area contributed by atoms with E-state index in [2.05, 4.69) is 0 Å². The summed E-state index contributed by atoms with van der Waals surface area (Å²) in [5.74, 6) is 0. The van der Waals surface area contributed by atoms with Crippen LogP contribution in [0.2, 0.25) is 0 Å². The SMILES string of the molecule is C1CCC(OP(OC2CCCCC2)OC2CCCCC2)CC1.c1ccccc1. The molecule has 0 bridgehead atoms. The molecule has 4 rings (SSSR count). The van der Waals surface area contributed by atoms with E-state index in [1.807, 2.05) is 36.4 Å². The quantitative estimate of drug-likeness (QED) is 0.449. The molecule has 0 spiro atoms. The van der Waals surface area contributed by atoms with Crippen LogP contribution >= 0.6 is 8.60 Å². The maximum absolute atomic E-state index is 6.32. The highest BCUT2D eigenvalue weighted by Gasteiger charge is 2.29. The van der Waals surface area contributed by atoms with Gasteiger partial charge in [-0.15, -0.1) is 0 Å². The fourth-order valence-corrected chi connectivity index (χ4v) is 5.85. The number of hydrogen-bond acceptors (Lipinski definition) is 3. The van der Waals surface area contributed by atoms with Crippen molar-refractivity contribution in [2.75, 3.05) is 0 Å². The molecule has 0 aliphatic heterocycles. The van der Waals surface area contributed by atoms with E-state index in [0.717, 1.165) is 0 Å². The standard InChI is InChI=1S/C18H33O3P.C6H6/c1-4-10-16(11-5-1)19-22(20-17-12-6-2-7-13-17)21-18-14-8-3-9-15-18;1-2-4-6-5-3-1/h16-18H,1-15H2;1-6H. The van der Waals surface area contributed by atoms with Gasteiger partial charge in [0.2, 0.25) is 0 Å². The fraction of sp³-hybridized carbons (Fsp3) is 0.750. The lowest BCUT2D eigenvalue weighted by Gasteiger charge is -2.32. The van der Waals surface area contributed by atoms with Gasteiger partial charge in [0.1, 0.15) is 0 Å². The molecular formula is C24H39O3P. The number of benzene rings is 1. The van der Waals surface area contributed by atoms with Crippen molar-refractivity contribution in [2.24, 2.45) is 0 Å². The van der Waals surface area contributed by atoms with Crippen molar-refractivity contribution in [3.8, 4) is 0 Å². The maximum Gasteiger partial charge on any atom is 0.333 e. The highest BCUT2D eigenvalue weighted by molar-refractivity contribution is 7.41. The topological polar surface area (TPSA) is 27.7 Å². The van der Waals surface area contributed by atoms with Crippen molar-refractivity contribution in [3.63, 3.8) is 0 Å². The molecule has 28 heavy (non-hydrogen) atoms. The fourth-order valence-electron chi connectivity index (χ4n) is 4.34. The lowest BCUT2D eigenvalue weighted by Crippen LogP contribution is -2.22. The molecule has 0 heterocycles. The molecule has 0 N–H and O–H groups in total. The third-order valence-electron chi connectivity index (χ3n) is 6.03. The number of rotatable bonds is 6. The Hall–Kier alpha value is -0.470. The molecule has 3 aliphatic rings. The Balaban J connectivity index is 0.000000320.